The molecule has 0 saturated heterocycles. The van der Waals surface area contributed by atoms with Gasteiger partial charge in [-0.25, -0.2) is 0 Å². The van der Waals surface area contributed by atoms with Crippen LogP contribution in [0.2, 0.25) is 5.02 Å². The Morgan fingerprint density at radius 3 is 2.87 bits per heavy atom. The Hall–Kier alpha value is -0.180. The van der Waals surface area contributed by atoms with E-state index in [1.165, 1.54) is 17.1 Å². The molecule has 0 aliphatic carbocycles. The van der Waals surface area contributed by atoms with Crippen LogP contribution in [0.5, 0.6) is 0 Å². The predicted octanol–water partition coefficient (Wildman–Crippen LogP) is 3.49. The fraction of sp³-hybridized carbons (Fsp3) is 0.500. The number of nitrogens with one attached hydrogen (secondary N) is 1. The van der Waals surface area contributed by atoms with Crippen molar-refractivity contribution < 1.29 is 0 Å². The normalized spacial score (nSPS) is 10.6. The van der Waals surface area contributed by atoms with Crippen LogP contribution in [0, 0.1) is 6.92 Å². The molecular weight excluding hydrogens is 226 g/mol. The molecule has 1 aromatic carbocycles. The van der Waals surface area contributed by atoms with Gasteiger partial charge in [-0.15, -0.1) is 0 Å². The second-order valence-electron chi connectivity index (χ2n) is 3.46. The quantitative estimate of drug-likeness (QED) is 0.768. The van der Waals surface area contributed by atoms with Crippen molar-refractivity contribution in [3.63, 3.8) is 0 Å². The predicted molar refractivity (Wildman–Crippen MR) is 70.9 cm³/mol. The maximum Gasteiger partial charge on any atom is 0.0435 e. The number of halogens is 1. The molecule has 0 atom stereocenters. The van der Waals surface area contributed by atoms with Gasteiger partial charge in [-0.1, -0.05) is 30.7 Å². The lowest BCUT2D eigenvalue weighted by Crippen LogP contribution is -2.16. The molecule has 0 heterocycles. The fourth-order valence-electron chi connectivity index (χ4n) is 1.34. The molecule has 0 saturated carbocycles. The Kier molecular flexibility index (Phi) is 6.15. The number of hydrogen-bond acceptors (Lipinski definition) is 2. The van der Waals surface area contributed by atoms with Crippen LogP contribution < -0.4 is 5.32 Å². The van der Waals surface area contributed by atoms with Crippen LogP contribution in [0.3, 0.4) is 0 Å². The minimum atomic E-state index is 0.847. The first-order valence-corrected chi connectivity index (χ1v) is 6.80. The van der Waals surface area contributed by atoms with E-state index in [0.29, 0.717) is 0 Å². The van der Waals surface area contributed by atoms with Gasteiger partial charge in [-0.3, -0.25) is 0 Å². The van der Waals surface area contributed by atoms with Gasteiger partial charge in [0.05, 0.1) is 0 Å². The molecule has 1 rings (SSSR count). The van der Waals surface area contributed by atoms with Crippen LogP contribution >= 0.6 is 23.4 Å². The summed E-state index contributed by atoms with van der Waals surface area (Å²) in [7, 11) is 0. The summed E-state index contributed by atoms with van der Waals surface area (Å²) in [6, 6.07) is 6.19. The summed E-state index contributed by atoms with van der Waals surface area (Å²) in [6.45, 7) is 6.23. The van der Waals surface area contributed by atoms with Gasteiger partial charge in [-0.2, -0.15) is 11.8 Å². The van der Waals surface area contributed by atoms with Crippen LogP contribution in [0.25, 0.3) is 0 Å². The number of hydrogen-bond donors (Lipinski definition) is 1. The van der Waals surface area contributed by atoms with Gasteiger partial charge < -0.3 is 5.32 Å². The summed E-state index contributed by atoms with van der Waals surface area (Å²) in [5.41, 5.74) is 2.46. The molecule has 0 bridgehead atoms. The molecule has 0 unspecified atom stereocenters. The Bertz CT molecular complexity index is 302. The Balaban J connectivity index is 2.28. The first-order chi connectivity index (χ1) is 7.24. The van der Waals surface area contributed by atoms with Crippen LogP contribution in [0.15, 0.2) is 18.2 Å². The highest BCUT2D eigenvalue weighted by Crippen LogP contribution is 2.15. The zero-order chi connectivity index (χ0) is 11.1. The highest BCUT2D eigenvalue weighted by Gasteiger charge is 1.97. The Morgan fingerprint density at radius 2 is 2.20 bits per heavy atom. The number of thioether (sulfide) groups is 1. The van der Waals surface area contributed by atoms with Crippen LogP contribution in [0.1, 0.15) is 18.1 Å². The SMILES string of the molecule is CCSCCNCc1ccc(Cl)c(C)c1. The third-order valence-corrected chi connectivity index (χ3v) is 3.50. The molecule has 1 aromatic rings. The van der Waals surface area contributed by atoms with Crippen LogP contribution in [0.4, 0.5) is 0 Å². The smallest absolute Gasteiger partial charge is 0.0435 e. The zero-order valence-corrected chi connectivity index (χ0v) is 10.9. The minimum Gasteiger partial charge on any atom is -0.312 e. The molecule has 0 fully saturated rings. The fourth-order valence-corrected chi connectivity index (χ4v) is 2.03. The van der Waals surface area contributed by atoms with E-state index in [1.54, 1.807) is 0 Å². The summed E-state index contributed by atoms with van der Waals surface area (Å²) >= 11 is 7.92. The van der Waals surface area contributed by atoms with Gasteiger partial charge in [0.25, 0.3) is 0 Å². The zero-order valence-electron chi connectivity index (χ0n) is 9.35. The molecular formula is C12H18ClNS. The molecule has 0 aromatic heterocycles. The second kappa shape index (κ2) is 7.15. The number of benzene rings is 1. The standard InChI is InChI=1S/C12H18ClNS/c1-3-15-7-6-14-9-11-4-5-12(13)10(2)8-11/h4-5,8,14H,3,6-7,9H2,1-2H3. The van der Waals surface area contributed by atoms with E-state index >= 15 is 0 Å². The van der Waals surface area contributed by atoms with Crippen LogP contribution in [-0.2, 0) is 6.54 Å². The largest absolute Gasteiger partial charge is 0.312 e. The van der Waals surface area contributed by atoms with E-state index in [4.69, 9.17) is 11.6 Å². The van der Waals surface area contributed by atoms with E-state index in [0.717, 1.165) is 23.7 Å². The lowest BCUT2D eigenvalue weighted by molar-refractivity contribution is 0.731. The average molecular weight is 244 g/mol. The van der Waals surface area contributed by atoms with Gasteiger partial charge in [0.15, 0.2) is 0 Å². The van der Waals surface area contributed by atoms with E-state index in [9.17, 15) is 0 Å². The molecule has 1 N–H and O–H groups in total. The maximum atomic E-state index is 5.96. The van der Waals surface area contributed by atoms with Gasteiger partial charge in [-0.05, 0) is 29.9 Å². The molecule has 0 radical (unpaired) electrons. The maximum absolute atomic E-state index is 5.96. The van der Waals surface area contributed by atoms with E-state index in [-0.39, 0.29) is 0 Å². The van der Waals surface area contributed by atoms with Crippen molar-refractivity contribution in [3.8, 4) is 0 Å². The Morgan fingerprint density at radius 1 is 1.40 bits per heavy atom. The van der Waals surface area contributed by atoms with Crippen LogP contribution in [-0.4, -0.2) is 18.1 Å². The van der Waals surface area contributed by atoms with Crippen molar-refractivity contribution >= 4 is 23.4 Å². The number of aryl methyl sites for hydroxylation is 1. The number of rotatable bonds is 6. The topological polar surface area (TPSA) is 12.0 Å². The molecule has 0 amide bonds. The monoisotopic (exact) mass is 243 g/mol. The average Bonchev–Trinajstić information content (AvgIpc) is 2.23. The summed E-state index contributed by atoms with van der Waals surface area (Å²) in [5, 5.41) is 4.27. The summed E-state index contributed by atoms with van der Waals surface area (Å²) in [5.74, 6) is 2.38. The molecule has 0 aliphatic heterocycles. The third kappa shape index (κ3) is 4.92. The molecule has 3 heteroatoms. The van der Waals surface area contributed by atoms with Crippen molar-refractivity contribution in [1.82, 2.24) is 5.32 Å². The highest BCUT2D eigenvalue weighted by atomic mass is 35.5. The molecule has 1 nitrogen and oxygen atoms in total. The molecule has 15 heavy (non-hydrogen) atoms. The van der Waals surface area contributed by atoms with Gasteiger partial charge in [0.1, 0.15) is 0 Å². The van der Waals surface area contributed by atoms with Crippen molar-refractivity contribution in [3.05, 3.63) is 34.3 Å². The molecule has 0 spiro atoms. The van der Waals surface area contributed by atoms with E-state index in [2.05, 4.69) is 24.4 Å². The molecule has 84 valence electrons. The second-order valence-corrected chi connectivity index (χ2v) is 5.26. The lowest BCUT2D eigenvalue weighted by Gasteiger charge is -2.06. The Labute approximate surface area is 102 Å². The summed E-state index contributed by atoms with van der Waals surface area (Å²) in [6.07, 6.45) is 0. The van der Waals surface area contributed by atoms with Gasteiger partial charge in [0, 0.05) is 23.9 Å². The van der Waals surface area contributed by atoms with E-state index < -0.39 is 0 Å². The molecule has 0 aliphatic rings. The minimum absolute atomic E-state index is 0.847. The first kappa shape index (κ1) is 12.9. The van der Waals surface area contributed by atoms with Crippen molar-refractivity contribution in [2.75, 3.05) is 18.1 Å². The van der Waals surface area contributed by atoms with Crippen molar-refractivity contribution in [2.45, 2.75) is 20.4 Å². The van der Waals surface area contributed by atoms with Crippen molar-refractivity contribution in [1.29, 1.82) is 0 Å². The van der Waals surface area contributed by atoms with Crippen molar-refractivity contribution in [2.24, 2.45) is 0 Å². The third-order valence-electron chi connectivity index (χ3n) is 2.18. The van der Waals surface area contributed by atoms with E-state index in [1.807, 2.05) is 24.8 Å². The summed E-state index contributed by atoms with van der Waals surface area (Å²) in [4.78, 5) is 0. The lowest BCUT2D eigenvalue weighted by atomic mass is 10.1. The highest BCUT2D eigenvalue weighted by molar-refractivity contribution is 7.99. The van der Waals surface area contributed by atoms with Gasteiger partial charge in [0.2, 0.25) is 0 Å². The first-order valence-electron chi connectivity index (χ1n) is 5.27. The summed E-state index contributed by atoms with van der Waals surface area (Å²) < 4.78 is 0. The van der Waals surface area contributed by atoms with Gasteiger partial charge >= 0.3 is 0 Å².